The molecule has 2 N–H and O–H groups in total. The van der Waals surface area contributed by atoms with Gasteiger partial charge in [0.15, 0.2) is 0 Å². The maximum atomic E-state index is 9.36. The van der Waals surface area contributed by atoms with Gasteiger partial charge in [-0.05, 0) is 45.7 Å². The fourth-order valence-corrected chi connectivity index (χ4v) is 1.92. The molecule has 0 aromatic heterocycles. The first-order valence-electron chi connectivity index (χ1n) is 6.15. The van der Waals surface area contributed by atoms with Crippen LogP contribution in [0.15, 0.2) is 0 Å². The molecule has 0 aromatic carbocycles. The van der Waals surface area contributed by atoms with Gasteiger partial charge in [-0.25, -0.2) is 0 Å². The minimum atomic E-state index is -0.149. The normalized spacial score (nSPS) is 20.6. The van der Waals surface area contributed by atoms with Gasteiger partial charge >= 0.3 is 0 Å². The topological polar surface area (TPSA) is 35.5 Å². The first-order chi connectivity index (χ1) is 7.13. The van der Waals surface area contributed by atoms with Gasteiger partial charge in [-0.3, -0.25) is 0 Å². The molecule has 1 rings (SSSR count). The van der Waals surface area contributed by atoms with Crippen molar-refractivity contribution in [3.8, 4) is 0 Å². The van der Waals surface area contributed by atoms with Crippen LogP contribution in [-0.4, -0.2) is 48.8 Å². The summed E-state index contributed by atoms with van der Waals surface area (Å²) in [5.74, 6) is 0.927. The SMILES string of the molecule is CCCN(CC1CC1)CC(C)(CO)NC. The van der Waals surface area contributed by atoms with Gasteiger partial charge in [-0.2, -0.15) is 0 Å². The third-order valence-electron chi connectivity index (χ3n) is 3.28. The van der Waals surface area contributed by atoms with E-state index in [1.165, 1.54) is 25.8 Å². The number of nitrogens with zero attached hydrogens (tertiary/aromatic N) is 1. The number of likely N-dealkylation sites (N-methyl/N-ethyl adjacent to an activating group) is 1. The Morgan fingerprint density at radius 1 is 1.47 bits per heavy atom. The van der Waals surface area contributed by atoms with Crippen LogP contribution in [0.25, 0.3) is 0 Å². The van der Waals surface area contributed by atoms with Crippen LogP contribution in [0.2, 0.25) is 0 Å². The number of aliphatic hydroxyl groups is 1. The number of hydrogen-bond donors (Lipinski definition) is 2. The summed E-state index contributed by atoms with van der Waals surface area (Å²) in [5.41, 5.74) is -0.149. The van der Waals surface area contributed by atoms with Crippen molar-refractivity contribution in [1.29, 1.82) is 0 Å². The molecule has 1 aliphatic carbocycles. The molecule has 1 atom stereocenters. The van der Waals surface area contributed by atoms with E-state index in [2.05, 4.69) is 24.1 Å². The second-order valence-electron chi connectivity index (χ2n) is 5.15. The van der Waals surface area contributed by atoms with Crippen molar-refractivity contribution in [3.05, 3.63) is 0 Å². The highest BCUT2D eigenvalue weighted by Gasteiger charge is 2.28. The summed E-state index contributed by atoms with van der Waals surface area (Å²) in [6, 6.07) is 0. The van der Waals surface area contributed by atoms with Gasteiger partial charge < -0.3 is 15.3 Å². The van der Waals surface area contributed by atoms with Crippen LogP contribution in [0.3, 0.4) is 0 Å². The molecule has 1 aliphatic rings. The molecule has 1 unspecified atom stereocenters. The van der Waals surface area contributed by atoms with Gasteiger partial charge in [0.25, 0.3) is 0 Å². The summed E-state index contributed by atoms with van der Waals surface area (Å²) in [7, 11) is 1.93. The molecule has 0 heterocycles. The summed E-state index contributed by atoms with van der Waals surface area (Å²) in [6.07, 6.45) is 3.99. The molecular weight excluding hydrogens is 188 g/mol. The predicted octanol–water partition coefficient (Wildman–Crippen LogP) is 1.08. The Labute approximate surface area is 93.9 Å². The van der Waals surface area contributed by atoms with Crippen LogP contribution < -0.4 is 5.32 Å². The Morgan fingerprint density at radius 2 is 2.13 bits per heavy atom. The van der Waals surface area contributed by atoms with Gasteiger partial charge in [-0.1, -0.05) is 6.92 Å². The molecule has 0 aliphatic heterocycles. The van der Waals surface area contributed by atoms with E-state index in [0.29, 0.717) is 0 Å². The average molecular weight is 214 g/mol. The third kappa shape index (κ3) is 4.49. The Kier molecular flexibility index (Phi) is 5.03. The molecule has 0 saturated heterocycles. The molecule has 0 spiro atoms. The molecule has 3 nitrogen and oxygen atoms in total. The monoisotopic (exact) mass is 214 g/mol. The van der Waals surface area contributed by atoms with E-state index in [1.807, 2.05) is 7.05 Å². The molecule has 1 fully saturated rings. The van der Waals surface area contributed by atoms with E-state index < -0.39 is 0 Å². The molecule has 1 saturated carbocycles. The fraction of sp³-hybridized carbons (Fsp3) is 1.00. The maximum absolute atomic E-state index is 9.36. The van der Waals surface area contributed by atoms with E-state index in [-0.39, 0.29) is 12.1 Å². The van der Waals surface area contributed by atoms with E-state index in [4.69, 9.17) is 0 Å². The number of rotatable bonds is 8. The minimum Gasteiger partial charge on any atom is -0.394 e. The molecule has 3 heteroatoms. The standard InChI is InChI=1S/C12H26N2O/c1-4-7-14(8-11-5-6-11)9-12(2,10-15)13-3/h11,13,15H,4-10H2,1-3H3. The molecule has 0 bridgehead atoms. The quantitative estimate of drug-likeness (QED) is 0.634. The van der Waals surface area contributed by atoms with E-state index >= 15 is 0 Å². The Balaban J connectivity index is 2.39. The van der Waals surface area contributed by atoms with Crippen molar-refractivity contribution < 1.29 is 5.11 Å². The van der Waals surface area contributed by atoms with Gasteiger partial charge in [0, 0.05) is 13.1 Å². The van der Waals surface area contributed by atoms with Crippen LogP contribution in [0.1, 0.15) is 33.1 Å². The van der Waals surface area contributed by atoms with Crippen molar-refractivity contribution in [2.45, 2.75) is 38.6 Å². The van der Waals surface area contributed by atoms with Crippen molar-refractivity contribution in [3.63, 3.8) is 0 Å². The lowest BCUT2D eigenvalue weighted by Gasteiger charge is -2.34. The second-order valence-corrected chi connectivity index (χ2v) is 5.15. The molecular formula is C12H26N2O. The van der Waals surface area contributed by atoms with E-state index in [1.54, 1.807) is 0 Å². The highest BCUT2D eigenvalue weighted by atomic mass is 16.3. The molecule has 0 aromatic rings. The molecule has 15 heavy (non-hydrogen) atoms. The van der Waals surface area contributed by atoms with Gasteiger partial charge in [-0.15, -0.1) is 0 Å². The largest absolute Gasteiger partial charge is 0.394 e. The molecule has 0 radical (unpaired) electrons. The van der Waals surface area contributed by atoms with Crippen LogP contribution in [0.5, 0.6) is 0 Å². The Hall–Kier alpha value is -0.120. The molecule has 90 valence electrons. The lowest BCUT2D eigenvalue weighted by atomic mass is 10.0. The predicted molar refractivity (Wildman–Crippen MR) is 64.0 cm³/mol. The Bertz CT molecular complexity index is 176. The van der Waals surface area contributed by atoms with Crippen LogP contribution in [0, 0.1) is 5.92 Å². The zero-order valence-electron chi connectivity index (χ0n) is 10.4. The first-order valence-corrected chi connectivity index (χ1v) is 6.15. The number of aliphatic hydroxyl groups excluding tert-OH is 1. The van der Waals surface area contributed by atoms with E-state index in [9.17, 15) is 5.11 Å². The van der Waals surface area contributed by atoms with Crippen LogP contribution >= 0.6 is 0 Å². The summed E-state index contributed by atoms with van der Waals surface area (Å²) in [6.45, 7) is 7.82. The lowest BCUT2D eigenvalue weighted by Crippen LogP contribution is -2.53. The van der Waals surface area contributed by atoms with Crippen LogP contribution in [-0.2, 0) is 0 Å². The van der Waals surface area contributed by atoms with Crippen LogP contribution in [0.4, 0.5) is 0 Å². The molecule has 0 amide bonds. The number of hydrogen-bond acceptors (Lipinski definition) is 3. The van der Waals surface area contributed by atoms with Gasteiger partial charge in [0.2, 0.25) is 0 Å². The number of nitrogens with one attached hydrogen (secondary N) is 1. The smallest absolute Gasteiger partial charge is 0.0623 e. The average Bonchev–Trinajstić information content (AvgIpc) is 3.02. The van der Waals surface area contributed by atoms with Crippen molar-refractivity contribution in [1.82, 2.24) is 10.2 Å². The summed E-state index contributed by atoms with van der Waals surface area (Å²) < 4.78 is 0. The lowest BCUT2D eigenvalue weighted by molar-refractivity contribution is 0.123. The maximum Gasteiger partial charge on any atom is 0.0623 e. The van der Waals surface area contributed by atoms with Gasteiger partial charge in [0.05, 0.1) is 12.1 Å². The van der Waals surface area contributed by atoms with Crippen molar-refractivity contribution in [2.24, 2.45) is 5.92 Å². The zero-order valence-corrected chi connectivity index (χ0v) is 10.4. The summed E-state index contributed by atoms with van der Waals surface area (Å²) >= 11 is 0. The van der Waals surface area contributed by atoms with Crippen molar-refractivity contribution >= 4 is 0 Å². The highest BCUT2D eigenvalue weighted by Crippen LogP contribution is 2.30. The zero-order chi connectivity index (χ0) is 11.3. The third-order valence-corrected chi connectivity index (χ3v) is 3.28. The van der Waals surface area contributed by atoms with Crippen molar-refractivity contribution in [2.75, 3.05) is 33.3 Å². The highest BCUT2D eigenvalue weighted by molar-refractivity contribution is 4.87. The minimum absolute atomic E-state index is 0.149. The fourth-order valence-electron chi connectivity index (χ4n) is 1.92. The van der Waals surface area contributed by atoms with E-state index in [0.717, 1.165) is 19.0 Å². The Morgan fingerprint density at radius 3 is 2.53 bits per heavy atom. The first kappa shape index (κ1) is 12.9. The summed E-state index contributed by atoms with van der Waals surface area (Å²) in [5, 5.41) is 12.6. The second kappa shape index (κ2) is 5.83. The summed E-state index contributed by atoms with van der Waals surface area (Å²) in [4.78, 5) is 2.49. The van der Waals surface area contributed by atoms with Gasteiger partial charge in [0.1, 0.15) is 0 Å².